The molecule has 1 aromatic rings. The molecule has 0 bridgehead atoms. The zero-order valence-corrected chi connectivity index (χ0v) is 11.4. The van der Waals surface area contributed by atoms with Gasteiger partial charge in [0.2, 0.25) is 5.91 Å². The average molecular weight is 277 g/mol. The molecule has 0 saturated heterocycles. The van der Waals surface area contributed by atoms with Crippen LogP contribution in [0.25, 0.3) is 0 Å². The Balaban J connectivity index is 1.56. The number of aliphatic hydroxyl groups is 1. The Kier molecular flexibility index (Phi) is 3.74. The molecule has 1 aromatic carbocycles. The molecule has 20 heavy (non-hydrogen) atoms. The summed E-state index contributed by atoms with van der Waals surface area (Å²) in [6.07, 6.45) is 4.88. The summed E-state index contributed by atoms with van der Waals surface area (Å²) in [5, 5.41) is 12.0. The zero-order chi connectivity index (χ0) is 14.1. The van der Waals surface area contributed by atoms with Gasteiger partial charge < -0.3 is 10.4 Å². The molecule has 3 nitrogen and oxygen atoms in total. The Morgan fingerprint density at radius 1 is 1.30 bits per heavy atom. The van der Waals surface area contributed by atoms with E-state index in [0.29, 0.717) is 18.4 Å². The highest BCUT2D eigenvalue weighted by atomic mass is 19.1. The lowest BCUT2D eigenvalue weighted by atomic mass is 10.0. The van der Waals surface area contributed by atoms with Crippen molar-refractivity contribution in [3.05, 3.63) is 35.1 Å². The molecular formula is C16H20FNO2. The zero-order valence-electron chi connectivity index (χ0n) is 11.4. The van der Waals surface area contributed by atoms with Gasteiger partial charge in [0.25, 0.3) is 0 Å². The second-order valence-corrected chi connectivity index (χ2v) is 5.94. The fourth-order valence-electron chi connectivity index (χ4n) is 3.55. The van der Waals surface area contributed by atoms with Crippen LogP contribution in [0.15, 0.2) is 18.2 Å². The number of hydrogen-bond acceptors (Lipinski definition) is 2. The van der Waals surface area contributed by atoms with Crippen LogP contribution < -0.4 is 5.32 Å². The SMILES string of the molecule is O=C(NCc1ccc(F)c(CO)c1)C1C2CCCCC21. The van der Waals surface area contributed by atoms with Crippen LogP contribution in [0.4, 0.5) is 4.39 Å². The Bertz CT molecular complexity index is 505. The first-order chi connectivity index (χ1) is 9.70. The van der Waals surface area contributed by atoms with E-state index in [2.05, 4.69) is 5.32 Å². The fourth-order valence-corrected chi connectivity index (χ4v) is 3.55. The molecule has 0 heterocycles. The van der Waals surface area contributed by atoms with Crippen molar-refractivity contribution in [2.45, 2.75) is 38.8 Å². The molecular weight excluding hydrogens is 257 g/mol. The summed E-state index contributed by atoms with van der Waals surface area (Å²) in [5.74, 6) is 1.14. The summed E-state index contributed by atoms with van der Waals surface area (Å²) < 4.78 is 13.3. The van der Waals surface area contributed by atoms with E-state index in [1.807, 2.05) is 0 Å². The van der Waals surface area contributed by atoms with Crippen molar-refractivity contribution in [3.63, 3.8) is 0 Å². The number of amides is 1. The Hall–Kier alpha value is -1.42. The molecule has 2 aliphatic rings. The summed E-state index contributed by atoms with van der Waals surface area (Å²) in [5.41, 5.74) is 1.10. The highest BCUT2D eigenvalue weighted by Crippen LogP contribution is 2.55. The van der Waals surface area contributed by atoms with E-state index in [0.717, 1.165) is 5.56 Å². The number of rotatable bonds is 4. The van der Waals surface area contributed by atoms with Crippen LogP contribution in [0.5, 0.6) is 0 Å². The van der Waals surface area contributed by atoms with Crippen LogP contribution in [-0.4, -0.2) is 11.0 Å². The highest BCUT2D eigenvalue weighted by molar-refractivity contribution is 5.82. The van der Waals surface area contributed by atoms with E-state index in [-0.39, 0.29) is 24.0 Å². The van der Waals surface area contributed by atoms with Crippen molar-refractivity contribution in [1.82, 2.24) is 5.32 Å². The van der Waals surface area contributed by atoms with Gasteiger partial charge in [-0.25, -0.2) is 4.39 Å². The van der Waals surface area contributed by atoms with Gasteiger partial charge in [-0.1, -0.05) is 18.9 Å². The molecule has 1 amide bonds. The van der Waals surface area contributed by atoms with Crippen LogP contribution >= 0.6 is 0 Å². The van der Waals surface area contributed by atoms with Crippen LogP contribution in [0.3, 0.4) is 0 Å². The normalized spacial score (nSPS) is 27.8. The molecule has 108 valence electrons. The third-order valence-electron chi connectivity index (χ3n) is 4.71. The third kappa shape index (κ3) is 2.57. The van der Waals surface area contributed by atoms with Crippen molar-refractivity contribution in [2.24, 2.45) is 17.8 Å². The van der Waals surface area contributed by atoms with Gasteiger partial charge in [-0.3, -0.25) is 4.79 Å². The lowest BCUT2D eigenvalue weighted by molar-refractivity contribution is -0.123. The average Bonchev–Trinajstić information content (AvgIpc) is 3.20. The Morgan fingerprint density at radius 2 is 2.00 bits per heavy atom. The predicted molar refractivity (Wildman–Crippen MR) is 73.1 cm³/mol. The van der Waals surface area contributed by atoms with E-state index in [1.54, 1.807) is 12.1 Å². The van der Waals surface area contributed by atoms with Crippen molar-refractivity contribution < 1.29 is 14.3 Å². The molecule has 4 heteroatoms. The summed E-state index contributed by atoms with van der Waals surface area (Å²) in [6.45, 7) is 0.0858. The number of fused-ring (bicyclic) bond motifs is 1. The number of hydrogen-bond donors (Lipinski definition) is 2. The first-order valence-corrected chi connectivity index (χ1v) is 7.36. The molecule has 0 aromatic heterocycles. The van der Waals surface area contributed by atoms with Crippen LogP contribution in [0.2, 0.25) is 0 Å². The molecule has 2 atom stereocenters. The topological polar surface area (TPSA) is 49.3 Å². The largest absolute Gasteiger partial charge is 0.392 e. The number of benzene rings is 1. The standard InChI is InChI=1S/C16H20FNO2/c17-14-6-5-10(7-11(14)9-19)8-18-16(20)15-12-3-1-2-4-13(12)15/h5-7,12-13,15,19H,1-4,8-9H2,(H,18,20). The van der Waals surface area contributed by atoms with E-state index >= 15 is 0 Å². The van der Waals surface area contributed by atoms with Crippen LogP contribution in [0, 0.1) is 23.6 Å². The minimum absolute atomic E-state index is 0.136. The lowest BCUT2D eigenvalue weighted by Gasteiger charge is -2.07. The molecule has 0 spiro atoms. The van der Waals surface area contributed by atoms with E-state index in [4.69, 9.17) is 5.11 Å². The predicted octanol–water partition coefficient (Wildman–Crippen LogP) is 2.37. The second-order valence-electron chi connectivity index (χ2n) is 5.94. The summed E-state index contributed by atoms with van der Waals surface area (Å²) in [4.78, 5) is 12.1. The van der Waals surface area contributed by atoms with E-state index < -0.39 is 5.82 Å². The van der Waals surface area contributed by atoms with Crippen molar-refractivity contribution in [3.8, 4) is 0 Å². The van der Waals surface area contributed by atoms with Crippen molar-refractivity contribution in [2.75, 3.05) is 0 Å². The van der Waals surface area contributed by atoms with Gasteiger partial charge in [-0.2, -0.15) is 0 Å². The highest BCUT2D eigenvalue weighted by Gasteiger charge is 2.54. The van der Waals surface area contributed by atoms with E-state index in [1.165, 1.54) is 31.7 Å². The second kappa shape index (κ2) is 5.52. The van der Waals surface area contributed by atoms with Gasteiger partial charge >= 0.3 is 0 Å². The van der Waals surface area contributed by atoms with Gasteiger partial charge in [0.05, 0.1) is 6.61 Å². The van der Waals surface area contributed by atoms with Gasteiger partial charge in [0.1, 0.15) is 5.82 Å². The first kappa shape index (κ1) is 13.6. The van der Waals surface area contributed by atoms with Gasteiger partial charge in [0, 0.05) is 18.0 Å². The fraction of sp³-hybridized carbons (Fsp3) is 0.562. The van der Waals surface area contributed by atoms with Gasteiger partial charge in [-0.05, 0) is 42.4 Å². The summed E-state index contributed by atoms with van der Waals surface area (Å²) >= 11 is 0. The molecule has 0 aliphatic heterocycles. The van der Waals surface area contributed by atoms with Crippen LogP contribution in [0.1, 0.15) is 36.8 Å². The minimum Gasteiger partial charge on any atom is -0.392 e. The monoisotopic (exact) mass is 277 g/mol. The van der Waals surface area contributed by atoms with Crippen molar-refractivity contribution in [1.29, 1.82) is 0 Å². The molecule has 2 fully saturated rings. The summed E-state index contributed by atoms with van der Waals surface area (Å²) in [7, 11) is 0. The number of carbonyl (C=O) groups excluding carboxylic acids is 1. The maximum atomic E-state index is 13.3. The Morgan fingerprint density at radius 3 is 2.65 bits per heavy atom. The molecule has 2 saturated carbocycles. The molecule has 2 unspecified atom stereocenters. The lowest BCUT2D eigenvalue weighted by Crippen LogP contribution is -2.25. The van der Waals surface area contributed by atoms with Gasteiger partial charge in [0.15, 0.2) is 0 Å². The number of carbonyl (C=O) groups is 1. The smallest absolute Gasteiger partial charge is 0.223 e. The quantitative estimate of drug-likeness (QED) is 0.887. The summed E-state index contributed by atoms with van der Waals surface area (Å²) in [6, 6.07) is 4.59. The maximum Gasteiger partial charge on any atom is 0.223 e. The van der Waals surface area contributed by atoms with Crippen LogP contribution in [-0.2, 0) is 17.9 Å². The molecule has 2 N–H and O–H groups in total. The molecule has 0 radical (unpaired) electrons. The number of aliphatic hydroxyl groups excluding tert-OH is 1. The molecule has 2 aliphatic carbocycles. The Labute approximate surface area is 118 Å². The number of halogens is 1. The van der Waals surface area contributed by atoms with Crippen molar-refractivity contribution >= 4 is 5.91 Å². The maximum absolute atomic E-state index is 13.3. The third-order valence-corrected chi connectivity index (χ3v) is 4.71. The van der Waals surface area contributed by atoms with Gasteiger partial charge in [-0.15, -0.1) is 0 Å². The van der Waals surface area contributed by atoms with E-state index in [9.17, 15) is 9.18 Å². The first-order valence-electron chi connectivity index (χ1n) is 7.36. The minimum atomic E-state index is -0.407. The molecule has 3 rings (SSSR count). The number of nitrogens with one attached hydrogen (secondary N) is 1.